The van der Waals surface area contributed by atoms with Crippen LogP contribution in [-0.2, 0) is 22.6 Å². The number of nitrogens with zero attached hydrogens (tertiary/aromatic N) is 2. The lowest BCUT2D eigenvalue weighted by molar-refractivity contribution is -0.143. The molecule has 0 aromatic heterocycles. The van der Waals surface area contributed by atoms with Crippen molar-refractivity contribution in [3.63, 3.8) is 0 Å². The van der Waals surface area contributed by atoms with Crippen molar-refractivity contribution in [2.45, 2.75) is 64.5 Å². The van der Waals surface area contributed by atoms with Crippen LogP contribution in [0.15, 0.2) is 24.3 Å². The zero-order valence-corrected chi connectivity index (χ0v) is 17.2. The molecule has 156 valence electrons. The first-order chi connectivity index (χ1) is 14.1. The maximum Gasteiger partial charge on any atom is 0.324 e. The molecule has 3 aliphatic rings. The molecule has 3 unspecified atom stereocenters. The lowest BCUT2D eigenvalue weighted by atomic mass is 9.76. The summed E-state index contributed by atoms with van der Waals surface area (Å²) < 4.78 is 0. The SMILES string of the molecule is CCCCCN1C(=O)NC2CC(C(=O)N3CCc4ccccc4C3)CCC2C1=O. The third-order valence-corrected chi connectivity index (χ3v) is 6.76. The standard InChI is InChI=1S/C23H31N3O3/c1-2-3-6-12-26-22(28)19-10-9-17(14-20(19)24-23(26)29)21(27)25-13-11-16-7-4-5-8-18(16)15-25/h4-5,7-8,17,19-20H,2-3,6,9-15H2,1H3,(H,24,29). The predicted molar refractivity (Wildman–Crippen MR) is 110 cm³/mol. The number of carbonyl (C=O) groups is 3. The van der Waals surface area contributed by atoms with Gasteiger partial charge >= 0.3 is 6.03 Å². The van der Waals surface area contributed by atoms with Gasteiger partial charge in [0.1, 0.15) is 0 Å². The number of hydrogen-bond donors (Lipinski definition) is 1. The Morgan fingerprint density at radius 3 is 2.72 bits per heavy atom. The number of unbranched alkanes of at least 4 members (excludes halogenated alkanes) is 2. The number of amides is 4. The van der Waals surface area contributed by atoms with Gasteiger partial charge in [0.25, 0.3) is 0 Å². The van der Waals surface area contributed by atoms with E-state index >= 15 is 0 Å². The van der Waals surface area contributed by atoms with Gasteiger partial charge in [0, 0.05) is 31.6 Å². The second-order valence-corrected chi connectivity index (χ2v) is 8.65. The van der Waals surface area contributed by atoms with E-state index in [-0.39, 0.29) is 35.7 Å². The van der Waals surface area contributed by atoms with Crippen molar-refractivity contribution in [3.05, 3.63) is 35.4 Å². The van der Waals surface area contributed by atoms with Crippen LogP contribution in [-0.4, -0.2) is 46.8 Å². The smallest absolute Gasteiger partial charge is 0.324 e. The molecule has 2 heterocycles. The van der Waals surface area contributed by atoms with Gasteiger partial charge in [-0.3, -0.25) is 14.5 Å². The quantitative estimate of drug-likeness (QED) is 0.776. The fourth-order valence-electron chi connectivity index (χ4n) is 5.06. The van der Waals surface area contributed by atoms with Crippen LogP contribution in [0.1, 0.15) is 56.6 Å². The van der Waals surface area contributed by atoms with Crippen molar-refractivity contribution >= 4 is 17.8 Å². The Labute approximate surface area is 172 Å². The minimum Gasteiger partial charge on any atom is -0.338 e. The van der Waals surface area contributed by atoms with E-state index in [2.05, 4.69) is 24.4 Å². The van der Waals surface area contributed by atoms with E-state index in [0.29, 0.717) is 25.9 Å². The summed E-state index contributed by atoms with van der Waals surface area (Å²) in [5.41, 5.74) is 2.55. The van der Waals surface area contributed by atoms with Crippen molar-refractivity contribution < 1.29 is 14.4 Å². The van der Waals surface area contributed by atoms with Crippen LogP contribution in [0.3, 0.4) is 0 Å². The number of rotatable bonds is 5. The van der Waals surface area contributed by atoms with E-state index in [0.717, 1.165) is 38.6 Å². The minimum atomic E-state index is -0.285. The number of imide groups is 1. The molecule has 4 rings (SSSR count). The first-order valence-electron chi connectivity index (χ1n) is 11.1. The molecular formula is C23H31N3O3. The lowest BCUT2D eigenvalue weighted by Crippen LogP contribution is -2.62. The monoisotopic (exact) mass is 397 g/mol. The van der Waals surface area contributed by atoms with Crippen molar-refractivity contribution in [1.29, 1.82) is 0 Å². The molecule has 4 amide bonds. The number of urea groups is 1. The van der Waals surface area contributed by atoms with E-state index in [1.807, 2.05) is 17.0 Å². The Bertz CT molecular complexity index is 793. The number of benzene rings is 1. The van der Waals surface area contributed by atoms with Crippen molar-refractivity contribution in [1.82, 2.24) is 15.1 Å². The summed E-state index contributed by atoms with van der Waals surface area (Å²) in [4.78, 5) is 41.8. The van der Waals surface area contributed by atoms with Gasteiger partial charge in [-0.1, -0.05) is 44.0 Å². The summed E-state index contributed by atoms with van der Waals surface area (Å²) in [6.45, 7) is 4.01. The van der Waals surface area contributed by atoms with Crippen LogP contribution in [0.4, 0.5) is 4.79 Å². The molecule has 3 atom stereocenters. The predicted octanol–water partition coefficient (Wildman–Crippen LogP) is 3.10. The fraction of sp³-hybridized carbons (Fsp3) is 0.609. The average molecular weight is 398 g/mol. The van der Waals surface area contributed by atoms with E-state index < -0.39 is 0 Å². The summed E-state index contributed by atoms with van der Waals surface area (Å²) >= 11 is 0. The highest BCUT2D eigenvalue weighted by Crippen LogP contribution is 2.35. The largest absolute Gasteiger partial charge is 0.338 e. The number of nitrogens with one attached hydrogen (secondary N) is 1. The van der Waals surface area contributed by atoms with E-state index in [4.69, 9.17) is 0 Å². The summed E-state index contributed by atoms with van der Waals surface area (Å²) in [6, 6.07) is 7.81. The molecule has 1 saturated heterocycles. The molecule has 1 N–H and O–H groups in total. The molecule has 6 nitrogen and oxygen atoms in total. The zero-order chi connectivity index (χ0) is 20.4. The molecule has 2 aliphatic heterocycles. The van der Waals surface area contributed by atoms with Gasteiger partial charge in [-0.2, -0.15) is 0 Å². The maximum atomic E-state index is 13.2. The van der Waals surface area contributed by atoms with Gasteiger partial charge in [0.05, 0.1) is 5.92 Å². The topological polar surface area (TPSA) is 69.7 Å². The molecule has 29 heavy (non-hydrogen) atoms. The van der Waals surface area contributed by atoms with Crippen molar-refractivity contribution in [2.75, 3.05) is 13.1 Å². The highest BCUT2D eigenvalue weighted by molar-refractivity contribution is 5.99. The molecule has 2 fully saturated rings. The number of fused-ring (bicyclic) bond motifs is 2. The molecule has 1 aromatic rings. The Balaban J connectivity index is 1.37. The first kappa shape index (κ1) is 19.9. The van der Waals surface area contributed by atoms with Crippen molar-refractivity contribution in [2.24, 2.45) is 11.8 Å². The Kier molecular flexibility index (Phi) is 5.88. The molecule has 0 bridgehead atoms. The van der Waals surface area contributed by atoms with Crippen LogP contribution in [0, 0.1) is 11.8 Å². The summed E-state index contributed by atoms with van der Waals surface area (Å²) in [5, 5.41) is 3.02. The molecule has 6 heteroatoms. The second kappa shape index (κ2) is 8.56. The number of hydrogen-bond acceptors (Lipinski definition) is 3. The van der Waals surface area contributed by atoms with Crippen LogP contribution in [0.25, 0.3) is 0 Å². The first-order valence-corrected chi connectivity index (χ1v) is 11.1. The summed E-state index contributed by atoms with van der Waals surface area (Å²) in [6.07, 6.45) is 5.79. The maximum absolute atomic E-state index is 13.2. The van der Waals surface area contributed by atoms with Crippen LogP contribution in [0.2, 0.25) is 0 Å². The van der Waals surface area contributed by atoms with Crippen LogP contribution < -0.4 is 5.32 Å². The van der Waals surface area contributed by atoms with Crippen LogP contribution >= 0.6 is 0 Å². The Hall–Kier alpha value is -2.37. The highest BCUT2D eigenvalue weighted by atomic mass is 16.2. The minimum absolute atomic E-state index is 0.0485. The molecule has 0 spiro atoms. The van der Waals surface area contributed by atoms with Gasteiger partial charge in [-0.05, 0) is 43.2 Å². The number of carbonyl (C=O) groups excluding carboxylic acids is 3. The zero-order valence-electron chi connectivity index (χ0n) is 17.2. The van der Waals surface area contributed by atoms with E-state index in [1.165, 1.54) is 16.0 Å². The van der Waals surface area contributed by atoms with Gasteiger partial charge in [-0.15, -0.1) is 0 Å². The van der Waals surface area contributed by atoms with Gasteiger partial charge in [0.2, 0.25) is 11.8 Å². The van der Waals surface area contributed by atoms with Crippen molar-refractivity contribution in [3.8, 4) is 0 Å². The summed E-state index contributed by atoms with van der Waals surface area (Å²) in [7, 11) is 0. The third-order valence-electron chi connectivity index (χ3n) is 6.76. The Morgan fingerprint density at radius 1 is 1.14 bits per heavy atom. The summed E-state index contributed by atoms with van der Waals surface area (Å²) in [5.74, 6) is -0.167. The van der Waals surface area contributed by atoms with Gasteiger partial charge in [-0.25, -0.2) is 4.79 Å². The van der Waals surface area contributed by atoms with Crippen LogP contribution in [0.5, 0.6) is 0 Å². The third kappa shape index (κ3) is 4.02. The molecule has 1 aliphatic carbocycles. The average Bonchev–Trinajstić information content (AvgIpc) is 2.74. The van der Waals surface area contributed by atoms with E-state index in [1.54, 1.807) is 0 Å². The second-order valence-electron chi connectivity index (χ2n) is 8.65. The fourth-order valence-corrected chi connectivity index (χ4v) is 5.06. The molecule has 0 radical (unpaired) electrons. The normalized spacial score (nSPS) is 26.6. The molecule has 1 saturated carbocycles. The highest BCUT2D eigenvalue weighted by Gasteiger charge is 2.45. The Morgan fingerprint density at radius 2 is 1.93 bits per heavy atom. The lowest BCUT2D eigenvalue weighted by Gasteiger charge is -2.43. The molecular weight excluding hydrogens is 366 g/mol. The molecule has 1 aromatic carbocycles. The van der Waals surface area contributed by atoms with Gasteiger partial charge in [0.15, 0.2) is 0 Å². The van der Waals surface area contributed by atoms with Gasteiger partial charge < -0.3 is 10.2 Å². The van der Waals surface area contributed by atoms with E-state index in [9.17, 15) is 14.4 Å².